The summed E-state index contributed by atoms with van der Waals surface area (Å²) in [6, 6.07) is 27.4. The van der Waals surface area contributed by atoms with Crippen LogP contribution in [0.3, 0.4) is 0 Å². The van der Waals surface area contributed by atoms with Gasteiger partial charge in [-0.3, -0.25) is 0 Å². The Morgan fingerprint density at radius 3 is 1.56 bits per heavy atom. The number of rotatable bonds is 15. The topological polar surface area (TPSA) is 178 Å². The maximum atomic E-state index is 11.6. The van der Waals surface area contributed by atoms with Gasteiger partial charge in [0.15, 0.2) is 0 Å². The van der Waals surface area contributed by atoms with E-state index in [2.05, 4.69) is 45.9 Å². The molecule has 13 nitrogen and oxygen atoms in total. The molecule has 2 aromatic carbocycles. The van der Waals surface area contributed by atoms with Gasteiger partial charge in [-0.25, -0.2) is 14.4 Å². The van der Waals surface area contributed by atoms with Gasteiger partial charge in [0.2, 0.25) is 0 Å². The molecule has 0 spiro atoms. The number of amides is 2. The molecule has 0 aliphatic rings. The normalized spacial score (nSPS) is 10.9. The molecule has 55 heavy (non-hydrogen) atoms. The fourth-order valence-electron chi connectivity index (χ4n) is 3.98. The van der Waals surface area contributed by atoms with Gasteiger partial charge < -0.3 is 49.8 Å². The number of pyridine rings is 2. The summed E-state index contributed by atoms with van der Waals surface area (Å²) >= 11 is 0. The molecule has 2 amide bonds. The number of esters is 1. The van der Waals surface area contributed by atoms with Gasteiger partial charge in [-0.05, 0) is 57.6 Å². The third kappa shape index (κ3) is 21.9. The van der Waals surface area contributed by atoms with Crippen molar-refractivity contribution in [3.05, 3.63) is 122 Å². The quantitative estimate of drug-likeness (QED) is 0.0355. The van der Waals surface area contributed by atoms with Crippen molar-refractivity contribution in [2.75, 3.05) is 32.9 Å². The van der Waals surface area contributed by atoms with Gasteiger partial charge in [-0.15, -0.1) is 59.7 Å². The van der Waals surface area contributed by atoms with Gasteiger partial charge in [-0.1, -0.05) is 43.0 Å². The van der Waals surface area contributed by atoms with Gasteiger partial charge in [0.05, 0.1) is 32.0 Å². The molecule has 2 heterocycles. The molecule has 4 aromatic rings. The third-order valence-corrected chi connectivity index (χ3v) is 6.37. The van der Waals surface area contributed by atoms with Crippen LogP contribution in [0.4, 0.5) is 9.59 Å². The molecule has 2 atom stereocenters. The third-order valence-electron chi connectivity index (χ3n) is 6.37. The predicted molar refractivity (Wildman–Crippen MR) is 204 cm³/mol. The molecule has 0 bridgehead atoms. The molecule has 0 saturated heterocycles. The number of carbonyl (C=O) groups excluding carboxylic acids is 3. The maximum Gasteiger partial charge on any atom is 0.403 e. The summed E-state index contributed by atoms with van der Waals surface area (Å²) in [5.41, 5.74) is 4.49. The van der Waals surface area contributed by atoms with E-state index in [1.54, 1.807) is 69.6 Å². The van der Waals surface area contributed by atoms with Crippen LogP contribution in [0, 0.1) is 12.1 Å². The predicted octanol–water partition coefficient (Wildman–Crippen LogP) is 6.12. The van der Waals surface area contributed by atoms with Crippen molar-refractivity contribution in [3.63, 3.8) is 0 Å². The van der Waals surface area contributed by atoms with Crippen LogP contribution < -0.4 is 20.1 Å². The first-order valence-corrected chi connectivity index (χ1v) is 17.0. The summed E-state index contributed by atoms with van der Waals surface area (Å²) in [7, 11) is 0. The van der Waals surface area contributed by atoms with Gasteiger partial charge >= 0.3 is 18.2 Å². The Morgan fingerprint density at radius 2 is 1.22 bits per heavy atom. The Morgan fingerprint density at radius 1 is 0.745 bits per heavy atom. The number of aliphatic hydroxyl groups excluding tert-OH is 2. The monoisotopic (exact) mass is 933 g/mol. The van der Waals surface area contributed by atoms with Crippen molar-refractivity contribution >= 4 is 18.2 Å². The molecule has 0 aliphatic heterocycles. The summed E-state index contributed by atoms with van der Waals surface area (Å²) in [5.74, 6) is 0.279. The molecular formula is C41H48IrN4O9-2. The first-order valence-electron chi connectivity index (χ1n) is 17.0. The molecule has 0 saturated carbocycles. The number of hydrogen-bond acceptors (Lipinski definition) is 11. The SMILES string of the molecule is C=C(C)C(=O)OCCNC(=O)Oc1c[c-]c(-c2ccccn2)cc1.C=C(C)COCCNC(=O)Oc1c[c-]c(-c2ccccn2)cc1.CC(O)CC(C)O.[Ir]. The van der Waals surface area contributed by atoms with Crippen LogP contribution in [0.5, 0.6) is 11.5 Å². The number of nitrogens with zero attached hydrogens (tertiary/aromatic N) is 2. The van der Waals surface area contributed by atoms with E-state index in [4.69, 9.17) is 29.2 Å². The van der Waals surface area contributed by atoms with E-state index in [1.807, 2.05) is 43.3 Å². The molecule has 297 valence electrons. The molecule has 2 aromatic heterocycles. The molecule has 14 heteroatoms. The zero-order chi connectivity index (χ0) is 39.7. The van der Waals surface area contributed by atoms with Gasteiger partial charge in [-0.2, -0.15) is 0 Å². The van der Waals surface area contributed by atoms with E-state index in [-0.39, 0.29) is 45.5 Å². The zero-order valence-corrected chi connectivity index (χ0v) is 33.8. The van der Waals surface area contributed by atoms with Crippen LogP contribution in [0.25, 0.3) is 22.5 Å². The number of aromatic nitrogens is 2. The molecular weight excluding hydrogens is 885 g/mol. The summed E-state index contributed by atoms with van der Waals surface area (Å²) in [4.78, 5) is 42.9. The van der Waals surface area contributed by atoms with Crippen molar-refractivity contribution in [1.82, 2.24) is 20.6 Å². The fourth-order valence-corrected chi connectivity index (χ4v) is 3.98. The van der Waals surface area contributed by atoms with Gasteiger partial charge in [0.25, 0.3) is 0 Å². The molecule has 4 N–H and O–H groups in total. The number of aliphatic hydroxyl groups is 2. The second-order valence-electron chi connectivity index (χ2n) is 11.8. The van der Waals surface area contributed by atoms with Crippen molar-refractivity contribution in [2.45, 2.75) is 46.3 Å². The van der Waals surface area contributed by atoms with Crippen LogP contribution in [-0.4, -0.2) is 83.5 Å². The van der Waals surface area contributed by atoms with E-state index < -0.39 is 18.2 Å². The number of benzene rings is 2. The Bertz CT molecular complexity index is 1720. The number of hydrogen-bond donors (Lipinski definition) is 4. The summed E-state index contributed by atoms with van der Waals surface area (Å²) in [6.07, 6.45) is 1.97. The average molecular weight is 933 g/mol. The smallest absolute Gasteiger partial charge is 0.403 e. The zero-order valence-electron chi connectivity index (χ0n) is 31.4. The first-order chi connectivity index (χ1) is 25.8. The second kappa shape index (κ2) is 27.4. The molecule has 4 rings (SSSR count). The number of carbonyl (C=O) groups is 3. The summed E-state index contributed by atoms with van der Waals surface area (Å²) < 4.78 is 20.4. The van der Waals surface area contributed by atoms with Crippen LogP contribution >= 0.6 is 0 Å². The van der Waals surface area contributed by atoms with Crippen LogP contribution in [0.15, 0.2) is 109 Å². The number of ether oxygens (including phenoxy) is 4. The van der Waals surface area contributed by atoms with Crippen LogP contribution in [0.1, 0.15) is 34.1 Å². The van der Waals surface area contributed by atoms with Crippen LogP contribution in [0.2, 0.25) is 0 Å². The van der Waals surface area contributed by atoms with E-state index in [0.717, 1.165) is 28.1 Å². The molecule has 0 fully saturated rings. The average Bonchev–Trinajstić information content (AvgIpc) is 3.14. The van der Waals surface area contributed by atoms with E-state index in [9.17, 15) is 14.4 Å². The molecule has 0 aliphatic carbocycles. The second-order valence-corrected chi connectivity index (χ2v) is 11.8. The van der Waals surface area contributed by atoms with Gasteiger partial charge in [0.1, 0.15) is 6.61 Å². The van der Waals surface area contributed by atoms with Crippen molar-refractivity contribution in [1.29, 1.82) is 0 Å². The number of nitrogens with one attached hydrogen (secondary N) is 2. The minimum atomic E-state index is -0.639. The van der Waals surface area contributed by atoms with Crippen LogP contribution in [-0.2, 0) is 34.4 Å². The Balaban J connectivity index is 0.000000462. The van der Waals surface area contributed by atoms with E-state index >= 15 is 0 Å². The first kappa shape index (κ1) is 47.8. The largest absolute Gasteiger partial charge is 0.460 e. The minimum absolute atomic E-state index is 0. The Labute approximate surface area is 336 Å². The Hall–Kier alpha value is -5.24. The van der Waals surface area contributed by atoms with E-state index in [0.29, 0.717) is 43.3 Å². The Kier molecular flexibility index (Phi) is 23.8. The van der Waals surface area contributed by atoms with Crippen molar-refractivity contribution in [3.8, 4) is 34.0 Å². The molecule has 1 radical (unpaired) electrons. The fraction of sp³-hybridized carbons (Fsp3) is 0.293. The van der Waals surface area contributed by atoms with Crippen molar-refractivity contribution in [2.24, 2.45) is 0 Å². The maximum absolute atomic E-state index is 11.6. The standard InChI is InChI=1S/C18H17N2O4.C18H19N2O3.C5H12O2.Ir/c1-13(2)17(21)23-12-11-20-18(22)24-15-8-6-14(7-9-15)16-5-3-4-10-19-16;1-14(2)13-22-12-11-20-18(21)23-16-8-6-15(7-9-16)17-5-3-4-10-19-17;1-4(6)3-5(2)7;/h3-6,8-10H,1,11-12H2,2H3,(H,20,22);3-6,8-10H,1,11-13H2,2H3,(H,20,21);4-7H,3H2,1-2H3;/q2*-1;;. The minimum Gasteiger partial charge on any atom is -0.460 e. The summed E-state index contributed by atoms with van der Waals surface area (Å²) in [5, 5.41) is 22.2. The van der Waals surface area contributed by atoms with Crippen molar-refractivity contribution < 1.29 is 63.6 Å². The molecule has 2 unspecified atom stereocenters. The summed E-state index contributed by atoms with van der Waals surface area (Å²) in [6.45, 7) is 15.4. The van der Waals surface area contributed by atoms with E-state index in [1.165, 1.54) is 0 Å². The van der Waals surface area contributed by atoms with Gasteiger partial charge in [0, 0.05) is 56.1 Å².